The largest absolute Gasteiger partial charge is 0.357 e. The highest BCUT2D eigenvalue weighted by molar-refractivity contribution is 5.94. The summed E-state index contributed by atoms with van der Waals surface area (Å²) in [6.07, 6.45) is 6.40. The summed E-state index contributed by atoms with van der Waals surface area (Å²) in [5.74, 6) is 1.76. The maximum absolute atomic E-state index is 12.2. The van der Waals surface area contributed by atoms with Gasteiger partial charge in [0.25, 0.3) is 5.91 Å². The second-order valence-electron chi connectivity index (χ2n) is 6.79. The average molecular weight is 302 g/mol. The van der Waals surface area contributed by atoms with Gasteiger partial charge in [-0.05, 0) is 50.8 Å². The zero-order chi connectivity index (χ0) is 15.6. The van der Waals surface area contributed by atoms with Crippen molar-refractivity contribution in [2.45, 2.75) is 38.1 Å². The first-order valence-electron chi connectivity index (χ1n) is 8.30. The SMILES string of the molecule is CNC1(CNC(=O)c2ccc(N3CCC(C)CC3)nc2)CC1. The van der Waals surface area contributed by atoms with Crippen molar-refractivity contribution in [1.29, 1.82) is 0 Å². The molecule has 1 aliphatic carbocycles. The third-order valence-electron chi connectivity index (χ3n) is 5.09. The van der Waals surface area contributed by atoms with Gasteiger partial charge in [-0.1, -0.05) is 6.92 Å². The third-order valence-corrected chi connectivity index (χ3v) is 5.09. The van der Waals surface area contributed by atoms with Crippen LogP contribution in [0.5, 0.6) is 0 Å². The molecule has 0 bridgehead atoms. The molecule has 1 saturated heterocycles. The fraction of sp³-hybridized carbons (Fsp3) is 0.647. The molecule has 0 aromatic carbocycles. The monoisotopic (exact) mass is 302 g/mol. The van der Waals surface area contributed by atoms with Crippen molar-refractivity contribution in [3.63, 3.8) is 0 Å². The molecule has 5 nitrogen and oxygen atoms in total. The second-order valence-corrected chi connectivity index (χ2v) is 6.79. The molecule has 1 aromatic rings. The van der Waals surface area contributed by atoms with E-state index in [-0.39, 0.29) is 11.4 Å². The minimum Gasteiger partial charge on any atom is -0.357 e. The number of nitrogens with zero attached hydrogens (tertiary/aromatic N) is 2. The summed E-state index contributed by atoms with van der Waals surface area (Å²) in [6, 6.07) is 3.85. The van der Waals surface area contributed by atoms with E-state index in [9.17, 15) is 4.79 Å². The van der Waals surface area contributed by atoms with Crippen molar-refractivity contribution >= 4 is 11.7 Å². The first-order valence-corrected chi connectivity index (χ1v) is 8.30. The van der Waals surface area contributed by atoms with Crippen molar-refractivity contribution in [3.05, 3.63) is 23.9 Å². The van der Waals surface area contributed by atoms with Crippen LogP contribution in [0.15, 0.2) is 18.3 Å². The molecule has 0 atom stereocenters. The molecular weight excluding hydrogens is 276 g/mol. The molecule has 2 fully saturated rings. The van der Waals surface area contributed by atoms with Crippen LogP contribution in [0.3, 0.4) is 0 Å². The quantitative estimate of drug-likeness (QED) is 0.871. The molecule has 1 amide bonds. The van der Waals surface area contributed by atoms with Crippen molar-refractivity contribution in [1.82, 2.24) is 15.6 Å². The number of rotatable bonds is 5. The van der Waals surface area contributed by atoms with Gasteiger partial charge in [0.15, 0.2) is 0 Å². The highest BCUT2D eigenvalue weighted by atomic mass is 16.1. The number of carbonyl (C=O) groups is 1. The molecule has 22 heavy (non-hydrogen) atoms. The lowest BCUT2D eigenvalue weighted by Crippen LogP contribution is -2.41. The Balaban J connectivity index is 1.55. The maximum atomic E-state index is 12.2. The molecule has 0 unspecified atom stereocenters. The summed E-state index contributed by atoms with van der Waals surface area (Å²) in [5.41, 5.74) is 0.772. The predicted octanol–water partition coefficient (Wildman–Crippen LogP) is 1.80. The fourth-order valence-electron chi connectivity index (χ4n) is 2.96. The lowest BCUT2D eigenvalue weighted by Gasteiger charge is -2.31. The zero-order valence-electron chi connectivity index (χ0n) is 13.6. The smallest absolute Gasteiger partial charge is 0.252 e. The number of hydrogen-bond acceptors (Lipinski definition) is 4. The Labute approximate surface area is 132 Å². The number of aromatic nitrogens is 1. The second kappa shape index (κ2) is 6.24. The van der Waals surface area contributed by atoms with Crippen molar-refractivity contribution < 1.29 is 4.79 Å². The normalized spacial score (nSPS) is 20.7. The van der Waals surface area contributed by atoms with Crippen LogP contribution >= 0.6 is 0 Å². The Morgan fingerprint density at radius 2 is 2.09 bits per heavy atom. The van der Waals surface area contributed by atoms with Gasteiger partial charge >= 0.3 is 0 Å². The highest BCUT2D eigenvalue weighted by Crippen LogP contribution is 2.33. The molecule has 1 saturated carbocycles. The van der Waals surface area contributed by atoms with Crippen LogP contribution in [-0.4, -0.2) is 43.1 Å². The Bertz CT molecular complexity index is 516. The first-order chi connectivity index (χ1) is 10.6. The van der Waals surface area contributed by atoms with E-state index >= 15 is 0 Å². The molecule has 2 aliphatic rings. The van der Waals surface area contributed by atoms with Crippen LogP contribution in [0, 0.1) is 5.92 Å². The molecular formula is C17H26N4O. The van der Waals surface area contributed by atoms with Crippen molar-refractivity contribution in [2.75, 3.05) is 31.6 Å². The summed E-state index contributed by atoms with van der Waals surface area (Å²) < 4.78 is 0. The zero-order valence-corrected chi connectivity index (χ0v) is 13.6. The molecule has 120 valence electrons. The van der Waals surface area contributed by atoms with Crippen molar-refractivity contribution in [3.8, 4) is 0 Å². The van der Waals surface area contributed by atoms with E-state index in [1.165, 1.54) is 12.8 Å². The standard InChI is InChI=1S/C17H26N4O/c1-13-5-9-21(10-6-13)15-4-3-14(11-19-15)16(22)20-12-17(18-2)7-8-17/h3-4,11,13,18H,5-10,12H2,1-2H3,(H,20,22). The number of hydrogen-bond donors (Lipinski definition) is 2. The summed E-state index contributed by atoms with van der Waals surface area (Å²) in [7, 11) is 1.95. The van der Waals surface area contributed by atoms with E-state index in [4.69, 9.17) is 0 Å². The van der Waals surface area contributed by atoms with Crippen LogP contribution < -0.4 is 15.5 Å². The first kappa shape index (κ1) is 15.3. The van der Waals surface area contributed by atoms with Crippen LogP contribution in [0.25, 0.3) is 0 Å². The van der Waals surface area contributed by atoms with Crippen LogP contribution in [0.2, 0.25) is 0 Å². The van der Waals surface area contributed by atoms with Gasteiger partial charge < -0.3 is 15.5 Å². The molecule has 2 N–H and O–H groups in total. The summed E-state index contributed by atoms with van der Waals surface area (Å²) in [4.78, 5) is 19.0. The van der Waals surface area contributed by atoms with Crippen LogP contribution in [0.4, 0.5) is 5.82 Å². The number of nitrogens with one attached hydrogen (secondary N) is 2. The number of carbonyl (C=O) groups excluding carboxylic acids is 1. The number of anilines is 1. The minimum absolute atomic E-state index is 0.0344. The lowest BCUT2D eigenvalue weighted by molar-refractivity contribution is 0.0948. The molecule has 5 heteroatoms. The van der Waals surface area contributed by atoms with E-state index in [0.717, 1.165) is 37.7 Å². The van der Waals surface area contributed by atoms with Gasteiger partial charge in [0, 0.05) is 31.4 Å². The summed E-state index contributed by atoms with van der Waals surface area (Å²) in [5, 5.41) is 6.28. The molecule has 2 heterocycles. The highest BCUT2D eigenvalue weighted by Gasteiger charge is 2.41. The molecule has 0 radical (unpaired) electrons. The van der Waals surface area contributed by atoms with Crippen LogP contribution in [0.1, 0.15) is 43.0 Å². The van der Waals surface area contributed by atoms with E-state index in [1.807, 2.05) is 19.2 Å². The van der Waals surface area contributed by atoms with Gasteiger partial charge in [0.05, 0.1) is 5.56 Å². The Morgan fingerprint density at radius 3 is 2.64 bits per heavy atom. The molecule has 1 aromatic heterocycles. The Hall–Kier alpha value is -1.62. The fourth-order valence-corrected chi connectivity index (χ4v) is 2.96. The van der Waals surface area contributed by atoms with E-state index in [1.54, 1.807) is 6.20 Å². The lowest BCUT2D eigenvalue weighted by atomic mass is 9.99. The Kier molecular flexibility index (Phi) is 4.34. The van der Waals surface area contributed by atoms with Gasteiger partial charge in [0.1, 0.15) is 5.82 Å². The number of piperidine rings is 1. The number of likely N-dealkylation sites (N-methyl/N-ethyl adjacent to an activating group) is 1. The van der Waals surface area contributed by atoms with E-state index in [0.29, 0.717) is 12.1 Å². The molecule has 0 spiro atoms. The average Bonchev–Trinajstić information content (AvgIpc) is 3.34. The van der Waals surface area contributed by atoms with E-state index in [2.05, 4.69) is 27.4 Å². The van der Waals surface area contributed by atoms with Gasteiger partial charge in [-0.3, -0.25) is 4.79 Å². The molecule has 1 aliphatic heterocycles. The van der Waals surface area contributed by atoms with Crippen LogP contribution in [-0.2, 0) is 0 Å². The van der Waals surface area contributed by atoms with Crippen molar-refractivity contribution in [2.24, 2.45) is 5.92 Å². The topological polar surface area (TPSA) is 57.3 Å². The minimum atomic E-state index is -0.0344. The summed E-state index contributed by atoms with van der Waals surface area (Å²) in [6.45, 7) is 5.11. The number of pyridine rings is 1. The van der Waals surface area contributed by atoms with Gasteiger partial charge in [-0.25, -0.2) is 4.98 Å². The summed E-state index contributed by atoms with van der Waals surface area (Å²) >= 11 is 0. The van der Waals surface area contributed by atoms with E-state index < -0.39 is 0 Å². The maximum Gasteiger partial charge on any atom is 0.252 e. The van der Waals surface area contributed by atoms with Gasteiger partial charge in [0.2, 0.25) is 0 Å². The molecule has 3 rings (SSSR count). The predicted molar refractivity (Wildman–Crippen MR) is 88.2 cm³/mol. The van der Waals surface area contributed by atoms with Gasteiger partial charge in [-0.15, -0.1) is 0 Å². The Morgan fingerprint density at radius 1 is 1.36 bits per heavy atom. The number of amides is 1. The third kappa shape index (κ3) is 3.40. The van der Waals surface area contributed by atoms with Gasteiger partial charge in [-0.2, -0.15) is 0 Å².